The molecule has 1 saturated heterocycles. The molecule has 0 radical (unpaired) electrons. The SMILES string of the molecule is CCN(CC)C(=O)c1cc(C)nc(N(C)C2CCS(=O)(=O)C2)n1. The number of anilines is 1. The van der Waals surface area contributed by atoms with E-state index in [9.17, 15) is 13.2 Å². The van der Waals surface area contributed by atoms with Gasteiger partial charge in [0.1, 0.15) is 5.69 Å². The Morgan fingerprint density at radius 1 is 1.30 bits per heavy atom. The van der Waals surface area contributed by atoms with Crippen LogP contribution < -0.4 is 4.90 Å². The minimum absolute atomic E-state index is 0.111. The summed E-state index contributed by atoms with van der Waals surface area (Å²) in [4.78, 5) is 24.7. The van der Waals surface area contributed by atoms with E-state index >= 15 is 0 Å². The number of hydrogen-bond acceptors (Lipinski definition) is 6. The van der Waals surface area contributed by atoms with Crippen molar-refractivity contribution in [1.29, 1.82) is 0 Å². The molecule has 1 aromatic rings. The Labute approximate surface area is 137 Å². The van der Waals surface area contributed by atoms with Crippen LogP contribution in [-0.2, 0) is 9.84 Å². The molecule has 0 spiro atoms. The Kier molecular flexibility index (Phi) is 5.23. The van der Waals surface area contributed by atoms with Gasteiger partial charge in [0.2, 0.25) is 5.95 Å². The van der Waals surface area contributed by atoms with Gasteiger partial charge in [0.25, 0.3) is 5.91 Å². The highest BCUT2D eigenvalue weighted by molar-refractivity contribution is 7.91. The first kappa shape index (κ1) is 17.7. The van der Waals surface area contributed by atoms with Crippen LogP contribution >= 0.6 is 0 Å². The number of aromatic nitrogens is 2. The first-order chi connectivity index (χ1) is 10.8. The fraction of sp³-hybridized carbons (Fsp3) is 0.667. The van der Waals surface area contributed by atoms with Crippen molar-refractivity contribution in [2.45, 2.75) is 33.2 Å². The minimum Gasteiger partial charge on any atom is -0.340 e. The summed E-state index contributed by atoms with van der Waals surface area (Å²) in [5.41, 5.74) is 1.04. The molecule has 1 atom stereocenters. The molecule has 1 aliphatic heterocycles. The molecule has 1 amide bonds. The van der Waals surface area contributed by atoms with Crippen molar-refractivity contribution in [3.63, 3.8) is 0 Å². The number of aryl methyl sites for hydroxylation is 1. The van der Waals surface area contributed by atoms with Crippen LogP contribution in [0.5, 0.6) is 0 Å². The number of amides is 1. The third kappa shape index (κ3) is 3.99. The van der Waals surface area contributed by atoms with Crippen LogP contribution in [0.4, 0.5) is 5.95 Å². The predicted molar refractivity (Wildman–Crippen MR) is 89.5 cm³/mol. The van der Waals surface area contributed by atoms with E-state index < -0.39 is 9.84 Å². The highest BCUT2D eigenvalue weighted by Gasteiger charge is 2.32. The van der Waals surface area contributed by atoms with E-state index in [2.05, 4.69) is 9.97 Å². The van der Waals surface area contributed by atoms with Gasteiger partial charge in [-0.25, -0.2) is 18.4 Å². The summed E-state index contributed by atoms with van der Waals surface area (Å²) >= 11 is 0. The number of sulfone groups is 1. The molecule has 7 nitrogen and oxygen atoms in total. The van der Waals surface area contributed by atoms with Gasteiger partial charge < -0.3 is 9.80 Å². The number of carbonyl (C=O) groups excluding carboxylic acids is 1. The van der Waals surface area contributed by atoms with E-state index in [-0.39, 0.29) is 23.5 Å². The van der Waals surface area contributed by atoms with Crippen molar-refractivity contribution in [3.8, 4) is 0 Å². The average molecular weight is 340 g/mol. The molecule has 128 valence electrons. The van der Waals surface area contributed by atoms with Crippen LogP contribution in [0.25, 0.3) is 0 Å². The van der Waals surface area contributed by atoms with Crippen molar-refractivity contribution in [2.75, 3.05) is 36.5 Å². The van der Waals surface area contributed by atoms with Crippen molar-refractivity contribution < 1.29 is 13.2 Å². The quantitative estimate of drug-likeness (QED) is 0.791. The average Bonchev–Trinajstić information content (AvgIpc) is 2.87. The van der Waals surface area contributed by atoms with Crippen molar-refractivity contribution in [2.24, 2.45) is 0 Å². The minimum atomic E-state index is -2.98. The summed E-state index contributed by atoms with van der Waals surface area (Å²) in [5, 5.41) is 0. The summed E-state index contributed by atoms with van der Waals surface area (Å²) in [6.45, 7) is 6.88. The van der Waals surface area contributed by atoms with E-state index in [4.69, 9.17) is 0 Å². The molecule has 2 heterocycles. The van der Waals surface area contributed by atoms with E-state index in [0.29, 0.717) is 36.8 Å². The zero-order chi connectivity index (χ0) is 17.2. The number of rotatable bonds is 5. The molecular weight excluding hydrogens is 316 g/mol. The number of carbonyl (C=O) groups is 1. The molecule has 0 aliphatic carbocycles. The molecule has 0 aromatic carbocycles. The molecule has 1 fully saturated rings. The summed E-state index contributed by atoms with van der Waals surface area (Å²) in [7, 11) is -1.20. The topological polar surface area (TPSA) is 83.5 Å². The molecule has 23 heavy (non-hydrogen) atoms. The second-order valence-electron chi connectivity index (χ2n) is 5.84. The molecule has 1 unspecified atom stereocenters. The van der Waals surface area contributed by atoms with E-state index in [1.807, 2.05) is 20.8 Å². The van der Waals surface area contributed by atoms with Crippen LogP contribution in [0.2, 0.25) is 0 Å². The Morgan fingerprint density at radius 2 is 1.96 bits per heavy atom. The van der Waals surface area contributed by atoms with Gasteiger partial charge in [-0.15, -0.1) is 0 Å². The zero-order valence-corrected chi connectivity index (χ0v) is 14.9. The lowest BCUT2D eigenvalue weighted by Crippen LogP contribution is -2.35. The smallest absolute Gasteiger partial charge is 0.272 e. The lowest BCUT2D eigenvalue weighted by molar-refractivity contribution is 0.0767. The Morgan fingerprint density at radius 3 is 2.48 bits per heavy atom. The van der Waals surface area contributed by atoms with Crippen LogP contribution in [-0.4, -0.2) is 66.9 Å². The highest BCUT2D eigenvalue weighted by atomic mass is 32.2. The Hall–Kier alpha value is -1.70. The van der Waals surface area contributed by atoms with Gasteiger partial charge in [0.15, 0.2) is 9.84 Å². The second kappa shape index (κ2) is 6.82. The third-order valence-corrected chi connectivity index (χ3v) is 5.93. The molecule has 2 rings (SSSR count). The van der Waals surface area contributed by atoms with Crippen LogP contribution in [0.3, 0.4) is 0 Å². The fourth-order valence-electron chi connectivity index (χ4n) is 2.74. The second-order valence-corrected chi connectivity index (χ2v) is 8.07. The maximum absolute atomic E-state index is 12.5. The molecule has 1 aromatic heterocycles. The van der Waals surface area contributed by atoms with Gasteiger partial charge in [0, 0.05) is 31.9 Å². The largest absolute Gasteiger partial charge is 0.340 e. The highest BCUT2D eigenvalue weighted by Crippen LogP contribution is 2.21. The molecule has 0 N–H and O–H groups in total. The summed E-state index contributed by atoms with van der Waals surface area (Å²) < 4.78 is 23.3. The number of nitrogens with zero attached hydrogens (tertiary/aromatic N) is 4. The monoisotopic (exact) mass is 340 g/mol. The number of hydrogen-bond donors (Lipinski definition) is 0. The van der Waals surface area contributed by atoms with Gasteiger partial charge in [-0.3, -0.25) is 4.79 Å². The zero-order valence-electron chi connectivity index (χ0n) is 14.1. The lowest BCUT2D eigenvalue weighted by Gasteiger charge is -2.24. The fourth-order valence-corrected chi connectivity index (χ4v) is 4.51. The Bertz CT molecular complexity index is 686. The van der Waals surface area contributed by atoms with Crippen LogP contribution in [0.15, 0.2) is 6.07 Å². The summed E-state index contributed by atoms with van der Waals surface area (Å²) in [5.74, 6) is 0.580. The third-order valence-electron chi connectivity index (χ3n) is 4.18. The summed E-state index contributed by atoms with van der Waals surface area (Å²) in [6, 6.07) is 1.53. The standard InChI is InChI=1S/C15H24N4O3S/c1-5-19(6-2)14(20)13-9-11(3)16-15(17-13)18(4)12-7-8-23(21,22)10-12/h9,12H,5-8,10H2,1-4H3. The van der Waals surface area contributed by atoms with Crippen LogP contribution in [0.1, 0.15) is 36.5 Å². The van der Waals surface area contributed by atoms with Gasteiger partial charge >= 0.3 is 0 Å². The van der Waals surface area contributed by atoms with E-state index in [1.54, 1.807) is 22.9 Å². The molecule has 0 bridgehead atoms. The molecule has 1 aliphatic rings. The molecule has 0 saturated carbocycles. The van der Waals surface area contributed by atoms with Gasteiger partial charge in [-0.2, -0.15) is 0 Å². The van der Waals surface area contributed by atoms with Crippen molar-refractivity contribution in [1.82, 2.24) is 14.9 Å². The first-order valence-corrected chi connectivity index (χ1v) is 9.67. The van der Waals surface area contributed by atoms with E-state index in [1.165, 1.54) is 0 Å². The molecule has 8 heteroatoms. The molecular formula is C15H24N4O3S. The van der Waals surface area contributed by atoms with E-state index in [0.717, 1.165) is 0 Å². The maximum atomic E-state index is 12.5. The van der Waals surface area contributed by atoms with Crippen LogP contribution in [0, 0.1) is 6.92 Å². The summed E-state index contributed by atoms with van der Waals surface area (Å²) in [6.07, 6.45) is 0.565. The predicted octanol–water partition coefficient (Wildman–Crippen LogP) is 0.890. The van der Waals surface area contributed by atoms with Gasteiger partial charge in [-0.05, 0) is 33.3 Å². The van der Waals surface area contributed by atoms with Crippen molar-refractivity contribution in [3.05, 3.63) is 17.5 Å². The van der Waals surface area contributed by atoms with Gasteiger partial charge in [-0.1, -0.05) is 0 Å². The first-order valence-electron chi connectivity index (χ1n) is 7.85. The maximum Gasteiger partial charge on any atom is 0.272 e. The van der Waals surface area contributed by atoms with Gasteiger partial charge in [0.05, 0.1) is 11.5 Å². The lowest BCUT2D eigenvalue weighted by atomic mass is 10.2. The van der Waals surface area contributed by atoms with Crippen molar-refractivity contribution >= 4 is 21.7 Å². The normalized spacial score (nSPS) is 19.6. The Balaban J connectivity index is 2.28.